The van der Waals surface area contributed by atoms with E-state index in [-0.39, 0.29) is 5.91 Å². The van der Waals surface area contributed by atoms with E-state index in [1.807, 2.05) is 39.0 Å². The number of hydrogen-bond acceptors (Lipinski definition) is 6. The number of nitrogens with one attached hydrogen (secondary N) is 1. The van der Waals surface area contributed by atoms with Crippen LogP contribution in [0.5, 0.6) is 11.6 Å². The van der Waals surface area contributed by atoms with Gasteiger partial charge in [-0.3, -0.25) is 4.79 Å². The summed E-state index contributed by atoms with van der Waals surface area (Å²) in [5.74, 6) is 1.66. The van der Waals surface area contributed by atoms with Gasteiger partial charge in [-0.15, -0.1) is 0 Å². The first-order chi connectivity index (χ1) is 13.6. The van der Waals surface area contributed by atoms with Gasteiger partial charge in [0.25, 0.3) is 5.91 Å². The van der Waals surface area contributed by atoms with Crippen LogP contribution in [0.25, 0.3) is 0 Å². The minimum absolute atomic E-state index is 0.200. The van der Waals surface area contributed by atoms with Crippen LogP contribution in [0, 0.1) is 13.8 Å². The number of carbonyl (C=O) groups excluding carboxylic acids is 1. The molecule has 0 bridgehead atoms. The van der Waals surface area contributed by atoms with E-state index in [0.29, 0.717) is 37.0 Å². The van der Waals surface area contributed by atoms with Gasteiger partial charge in [0.15, 0.2) is 0 Å². The zero-order valence-corrected chi connectivity index (χ0v) is 16.2. The van der Waals surface area contributed by atoms with Crippen LogP contribution in [0.4, 0.5) is 0 Å². The van der Waals surface area contributed by atoms with Crippen molar-refractivity contribution in [2.75, 3.05) is 6.61 Å². The van der Waals surface area contributed by atoms with Gasteiger partial charge in [-0.25, -0.2) is 4.98 Å². The van der Waals surface area contributed by atoms with Crippen molar-refractivity contribution < 1.29 is 18.8 Å². The number of aromatic nitrogens is 2. The number of amides is 1. The molecule has 1 aromatic carbocycles. The molecule has 0 aliphatic carbocycles. The third kappa shape index (κ3) is 4.68. The summed E-state index contributed by atoms with van der Waals surface area (Å²) in [5.41, 5.74) is 3.05. The maximum absolute atomic E-state index is 12.5. The van der Waals surface area contributed by atoms with E-state index in [2.05, 4.69) is 15.5 Å². The lowest BCUT2D eigenvalue weighted by molar-refractivity contribution is 0.0950. The molecule has 2 heterocycles. The average Bonchev–Trinajstić information content (AvgIpc) is 3.03. The van der Waals surface area contributed by atoms with Crippen LogP contribution in [0.1, 0.15) is 39.9 Å². The highest BCUT2D eigenvalue weighted by Gasteiger charge is 2.12. The predicted molar refractivity (Wildman–Crippen MR) is 103 cm³/mol. The van der Waals surface area contributed by atoms with Crippen LogP contribution in [0.15, 0.2) is 47.1 Å². The Balaban J connectivity index is 1.62. The monoisotopic (exact) mass is 381 g/mol. The number of nitrogens with zero attached hydrogens (tertiary/aromatic N) is 2. The summed E-state index contributed by atoms with van der Waals surface area (Å²) in [5, 5.41) is 6.80. The summed E-state index contributed by atoms with van der Waals surface area (Å²) in [4.78, 5) is 16.7. The number of hydrogen-bond donors (Lipinski definition) is 1. The third-order valence-electron chi connectivity index (χ3n) is 4.23. The van der Waals surface area contributed by atoms with Gasteiger partial charge in [-0.05, 0) is 45.0 Å². The van der Waals surface area contributed by atoms with Crippen molar-refractivity contribution in [2.24, 2.45) is 0 Å². The molecule has 0 spiro atoms. The fourth-order valence-electron chi connectivity index (χ4n) is 2.69. The third-order valence-corrected chi connectivity index (χ3v) is 4.23. The van der Waals surface area contributed by atoms with Crippen LogP contribution < -0.4 is 14.8 Å². The van der Waals surface area contributed by atoms with Crippen molar-refractivity contribution in [3.05, 3.63) is 70.7 Å². The maximum Gasteiger partial charge on any atom is 0.251 e. The van der Waals surface area contributed by atoms with Crippen LogP contribution in [0.2, 0.25) is 0 Å². The normalized spacial score (nSPS) is 10.5. The Morgan fingerprint density at radius 2 is 2.04 bits per heavy atom. The Morgan fingerprint density at radius 3 is 2.79 bits per heavy atom. The van der Waals surface area contributed by atoms with Crippen LogP contribution in [0.3, 0.4) is 0 Å². The topological polar surface area (TPSA) is 86.5 Å². The minimum Gasteiger partial charge on any atom is -0.489 e. The molecule has 7 nitrogen and oxygen atoms in total. The number of rotatable bonds is 8. The van der Waals surface area contributed by atoms with Gasteiger partial charge in [0.1, 0.15) is 18.1 Å². The molecule has 0 unspecified atom stereocenters. The second-order valence-electron chi connectivity index (χ2n) is 6.20. The molecule has 28 heavy (non-hydrogen) atoms. The van der Waals surface area contributed by atoms with E-state index in [4.69, 9.17) is 14.0 Å². The van der Waals surface area contributed by atoms with Crippen molar-refractivity contribution in [3.63, 3.8) is 0 Å². The molecule has 0 atom stereocenters. The Morgan fingerprint density at radius 1 is 1.18 bits per heavy atom. The van der Waals surface area contributed by atoms with E-state index >= 15 is 0 Å². The fraction of sp³-hybridized carbons (Fsp3) is 0.286. The lowest BCUT2D eigenvalue weighted by Crippen LogP contribution is -2.23. The minimum atomic E-state index is -0.200. The molecule has 1 amide bonds. The molecule has 0 fully saturated rings. The van der Waals surface area contributed by atoms with E-state index in [0.717, 1.165) is 22.6 Å². The summed E-state index contributed by atoms with van der Waals surface area (Å²) in [6, 6.07) is 10.7. The zero-order chi connectivity index (χ0) is 19.9. The van der Waals surface area contributed by atoms with Crippen LogP contribution >= 0.6 is 0 Å². The summed E-state index contributed by atoms with van der Waals surface area (Å²) >= 11 is 0. The lowest BCUT2D eigenvalue weighted by atomic mass is 10.2. The Bertz CT molecular complexity index is 933. The summed E-state index contributed by atoms with van der Waals surface area (Å²) in [6.45, 7) is 6.78. The average molecular weight is 381 g/mol. The van der Waals surface area contributed by atoms with Gasteiger partial charge in [0, 0.05) is 23.9 Å². The van der Waals surface area contributed by atoms with Crippen LogP contribution in [-0.4, -0.2) is 22.7 Å². The van der Waals surface area contributed by atoms with Crippen molar-refractivity contribution >= 4 is 5.91 Å². The zero-order valence-electron chi connectivity index (χ0n) is 16.2. The Labute approximate surface area is 163 Å². The summed E-state index contributed by atoms with van der Waals surface area (Å²) < 4.78 is 16.4. The fourth-order valence-corrected chi connectivity index (χ4v) is 2.69. The lowest BCUT2D eigenvalue weighted by Gasteiger charge is -2.11. The molecule has 146 valence electrons. The standard InChI is InChI=1S/C21H23N3O4/c1-4-26-21-17(8-6-10-22-21)12-23-20(25)16-7-5-9-18(11-16)27-13-19-14(2)24-28-15(19)3/h5-11H,4,12-13H2,1-3H3,(H,23,25). The largest absolute Gasteiger partial charge is 0.489 e. The van der Waals surface area contributed by atoms with E-state index in [9.17, 15) is 4.79 Å². The van der Waals surface area contributed by atoms with Crippen molar-refractivity contribution in [2.45, 2.75) is 33.9 Å². The summed E-state index contributed by atoms with van der Waals surface area (Å²) in [7, 11) is 0. The highest BCUT2D eigenvalue weighted by molar-refractivity contribution is 5.94. The molecular formula is C21H23N3O4. The highest BCUT2D eigenvalue weighted by Crippen LogP contribution is 2.19. The van der Waals surface area contributed by atoms with E-state index in [1.54, 1.807) is 24.4 Å². The van der Waals surface area contributed by atoms with Gasteiger partial charge < -0.3 is 19.3 Å². The summed E-state index contributed by atoms with van der Waals surface area (Å²) in [6.07, 6.45) is 1.66. The molecule has 0 aliphatic rings. The first-order valence-corrected chi connectivity index (χ1v) is 9.08. The molecule has 2 aromatic heterocycles. The van der Waals surface area contributed by atoms with Crippen molar-refractivity contribution in [1.29, 1.82) is 0 Å². The molecule has 0 radical (unpaired) electrons. The smallest absolute Gasteiger partial charge is 0.251 e. The Kier molecular flexibility index (Phi) is 6.26. The SMILES string of the molecule is CCOc1ncccc1CNC(=O)c1cccc(OCc2c(C)noc2C)c1. The van der Waals surface area contributed by atoms with Crippen molar-refractivity contribution in [3.8, 4) is 11.6 Å². The van der Waals surface area contributed by atoms with E-state index < -0.39 is 0 Å². The second-order valence-corrected chi connectivity index (χ2v) is 6.20. The van der Waals surface area contributed by atoms with Gasteiger partial charge in [-0.1, -0.05) is 17.3 Å². The van der Waals surface area contributed by atoms with E-state index in [1.165, 1.54) is 0 Å². The van der Waals surface area contributed by atoms with Gasteiger partial charge in [-0.2, -0.15) is 0 Å². The van der Waals surface area contributed by atoms with Crippen molar-refractivity contribution in [1.82, 2.24) is 15.5 Å². The molecular weight excluding hydrogens is 358 g/mol. The van der Waals surface area contributed by atoms with Gasteiger partial charge >= 0.3 is 0 Å². The maximum atomic E-state index is 12.5. The number of pyridine rings is 1. The molecule has 0 aliphatic heterocycles. The molecule has 3 aromatic rings. The first-order valence-electron chi connectivity index (χ1n) is 9.08. The number of ether oxygens (including phenoxy) is 2. The number of aryl methyl sites for hydroxylation is 2. The molecule has 7 heteroatoms. The molecule has 0 saturated heterocycles. The number of carbonyl (C=O) groups is 1. The second kappa shape index (κ2) is 9.03. The predicted octanol–water partition coefficient (Wildman–Crippen LogP) is 3.59. The van der Waals surface area contributed by atoms with Gasteiger partial charge in [0.2, 0.25) is 5.88 Å². The van der Waals surface area contributed by atoms with Crippen LogP contribution in [-0.2, 0) is 13.2 Å². The highest BCUT2D eigenvalue weighted by atomic mass is 16.5. The van der Waals surface area contributed by atoms with Gasteiger partial charge in [0.05, 0.1) is 17.9 Å². The molecule has 3 rings (SSSR count). The molecule has 1 N–H and O–H groups in total. The quantitative estimate of drug-likeness (QED) is 0.642. The first kappa shape index (κ1) is 19.4. The Hall–Kier alpha value is -3.35. The molecule has 0 saturated carbocycles. The number of benzene rings is 1.